The van der Waals surface area contributed by atoms with E-state index in [0.717, 1.165) is 30.5 Å². The average Bonchev–Trinajstić information content (AvgIpc) is 2.87. The summed E-state index contributed by atoms with van der Waals surface area (Å²) in [5.41, 5.74) is 1.13. The van der Waals surface area contributed by atoms with Gasteiger partial charge in [-0.1, -0.05) is 13.0 Å². The van der Waals surface area contributed by atoms with Crippen molar-refractivity contribution in [2.45, 2.75) is 19.9 Å². The Balaban J connectivity index is 1.75. The molecule has 2 rings (SSSR count). The Morgan fingerprint density at radius 1 is 1.56 bits per heavy atom. The van der Waals surface area contributed by atoms with E-state index >= 15 is 0 Å². The SMILES string of the molecule is CCN1CCC(CNCc2cccnc2OC)C1. The monoisotopic (exact) mass is 249 g/mol. The van der Waals surface area contributed by atoms with Gasteiger partial charge in [-0.05, 0) is 38.0 Å². The number of pyridine rings is 1. The molecule has 0 aromatic carbocycles. The Hall–Kier alpha value is -1.13. The topological polar surface area (TPSA) is 37.4 Å². The molecule has 1 N–H and O–H groups in total. The minimum absolute atomic E-state index is 0.728. The molecule has 0 amide bonds. The first-order chi connectivity index (χ1) is 8.83. The molecule has 4 nitrogen and oxygen atoms in total. The molecule has 1 aromatic heterocycles. The molecule has 1 unspecified atom stereocenters. The quantitative estimate of drug-likeness (QED) is 0.829. The molecule has 1 fully saturated rings. The van der Waals surface area contributed by atoms with E-state index in [1.807, 2.05) is 6.07 Å². The standard InChI is InChI=1S/C14H23N3O/c1-3-17-8-6-12(11-17)9-15-10-13-5-4-7-16-14(13)18-2/h4-5,7,12,15H,3,6,8-11H2,1-2H3. The zero-order chi connectivity index (χ0) is 12.8. The second kappa shape index (κ2) is 6.71. The molecule has 1 saturated heterocycles. The first-order valence-electron chi connectivity index (χ1n) is 6.74. The van der Waals surface area contributed by atoms with Crippen LogP contribution in [0, 0.1) is 5.92 Å². The average molecular weight is 249 g/mol. The summed E-state index contributed by atoms with van der Waals surface area (Å²) in [5.74, 6) is 1.51. The third-order valence-corrected chi connectivity index (χ3v) is 3.61. The van der Waals surface area contributed by atoms with Gasteiger partial charge in [0.25, 0.3) is 0 Å². The molecule has 0 radical (unpaired) electrons. The van der Waals surface area contributed by atoms with Crippen molar-refractivity contribution in [3.8, 4) is 5.88 Å². The van der Waals surface area contributed by atoms with Gasteiger partial charge in [0, 0.05) is 24.8 Å². The van der Waals surface area contributed by atoms with Crippen LogP contribution in [0.2, 0.25) is 0 Å². The lowest BCUT2D eigenvalue weighted by Gasteiger charge is -2.14. The Labute approximate surface area is 109 Å². The number of hydrogen-bond donors (Lipinski definition) is 1. The highest BCUT2D eigenvalue weighted by Crippen LogP contribution is 2.16. The maximum atomic E-state index is 5.24. The first-order valence-corrected chi connectivity index (χ1v) is 6.74. The van der Waals surface area contributed by atoms with Gasteiger partial charge >= 0.3 is 0 Å². The molecule has 4 heteroatoms. The van der Waals surface area contributed by atoms with Gasteiger partial charge in [0.05, 0.1) is 7.11 Å². The zero-order valence-electron chi connectivity index (χ0n) is 11.4. The van der Waals surface area contributed by atoms with Crippen molar-refractivity contribution >= 4 is 0 Å². The lowest BCUT2D eigenvalue weighted by atomic mass is 10.1. The fourth-order valence-electron chi connectivity index (χ4n) is 2.52. The second-order valence-electron chi connectivity index (χ2n) is 4.85. The van der Waals surface area contributed by atoms with Crippen molar-refractivity contribution in [1.29, 1.82) is 0 Å². The smallest absolute Gasteiger partial charge is 0.217 e. The number of nitrogens with one attached hydrogen (secondary N) is 1. The van der Waals surface area contributed by atoms with Crippen LogP contribution in [-0.2, 0) is 6.54 Å². The number of hydrogen-bond acceptors (Lipinski definition) is 4. The molecular weight excluding hydrogens is 226 g/mol. The molecular formula is C14H23N3O. The summed E-state index contributed by atoms with van der Waals surface area (Å²) in [4.78, 5) is 6.71. The summed E-state index contributed by atoms with van der Waals surface area (Å²) in [6, 6.07) is 4.01. The number of rotatable bonds is 6. The van der Waals surface area contributed by atoms with Crippen molar-refractivity contribution in [3.05, 3.63) is 23.9 Å². The van der Waals surface area contributed by atoms with E-state index in [9.17, 15) is 0 Å². The summed E-state index contributed by atoms with van der Waals surface area (Å²) >= 11 is 0. The minimum Gasteiger partial charge on any atom is -0.481 e. The molecule has 0 aliphatic carbocycles. The lowest BCUT2D eigenvalue weighted by Crippen LogP contribution is -2.26. The highest BCUT2D eigenvalue weighted by molar-refractivity contribution is 5.24. The van der Waals surface area contributed by atoms with E-state index < -0.39 is 0 Å². The maximum absolute atomic E-state index is 5.24. The molecule has 0 spiro atoms. The predicted molar refractivity (Wildman–Crippen MR) is 72.7 cm³/mol. The second-order valence-corrected chi connectivity index (χ2v) is 4.85. The highest BCUT2D eigenvalue weighted by Gasteiger charge is 2.20. The van der Waals surface area contributed by atoms with E-state index in [1.165, 1.54) is 26.1 Å². The number of aromatic nitrogens is 1. The van der Waals surface area contributed by atoms with Crippen LogP contribution in [0.25, 0.3) is 0 Å². The van der Waals surface area contributed by atoms with Gasteiger partial charge in [-0.2, -0.15) is 0 Å². The molecule has 1 aliphatic rings. The molecule has 100 valence electrons. The number of methoxy groups -OCH3 is 1. The van der Waals surface area contributed by atoms with Gasteiger partial charge in [-0.3, -0.25) is 0 Å². The van der Waals surface area contributed by atoms with Crippen molar-refractivity contribution in [2.24, 2.45) is 5.92 Å². The number of ether oxygens (including phenoxy) is 1. The van der Waals surface area contributed by atoms with Crippen molar-refractivity contribution in [3.63, 3.8) is 0 Å². The van der Waals surface area contributed by atoms with E-state index in [2.05, 4.69) is 28.2 Å². The van der Waals surface area contributed by atoms with E-state index in [1.54, 1.807) is 13.3 Å². The van der Waals surface area contributed by atoms with Gasteiger partial charge in [0.2, 0.25) is 5.88 Å². The van der Waals surface area contributed by atoms with Crippen LogP contribution in [0.3, 0.4) is 0 Å². The molecule has 1 aliphatic heterocycles. The molecule has 1 aromatic rings. The summed E-state index contributed by atoms with van der Waals surface area (Å²) in [7, 11) is 1.67. The fourth-order valence-corrected chi connectivity index (χ4v) is 2.52. The first kappa shape index (κ1) is 13.3. The normalized spacial score (nSPS) is 20.2. The van der Waals surface area contributed by atoms with Crippen LogP contribution in [0.15, 0.2) is 18.3 Å². The van der Waals surface area contributed by atoms with E-state index in [0.29, 0.717) is 0 Å². The van der Waals surface area contributed by atoms with Crippen LogP contribution >= 0.6 is 0 Å². The Morgan fingerprint density at radius 3 is 3.17 bits per heavy atom. The van der Waals surface area contributed by atoms with Gasteiger partial charge in [-0.25, -0.2) is 4.98 Å². The third-order valence-electron chi connectivity index (χ3n) is 3.61. The number of likely N-dealkylation sites (tertiary alicyclic amines) is 1. The Bertz CT molecular complexity index is 370. The van der Waals surface area contributed by atoms with Crippen LogP contribution in [0.5, 0.6) is 5.88 Å². The lowest BCUT2D eigenvalue weighted by molar-refractivity contribution is 0.338. The summed E-state index contributed by atoms with van der Waals surface area (Å²) in [6.45, 7) is 7.80. The van der Waals surface area contributed by atoms with Gasteiger partial charge < -0.3 is 15.0 Å². The summed E-state index contributed by atoms with van der Waals surface area (Å²) in [5, 5.41) is 3.52. The van der Waals surface area contributed by atoms with E-state index in [-0.39, 0.29) is 0 Å². The summed E-state index contributed by atoms with van der Waals surface area (Å²) < 4.78 is 5.24. The van der Waals surface area contributed by atoms with Crippen LogP contribution in [0.4, 0.5) is 0 Å². The van der Waals surface area contributed by atoms with Gasteiger partial charge in [0.15, 0.2) is 0 Å². The zero-order valence-corrected chi connectivity index (χ0v) is 11.4. The van der Waals surface area contributed by atoms with Crippen molar-refractivity contribution in [1.82, 2.24) is 15.2 Å². The van der Waals surface area contributed by atoms with Crippen LogP contribution < -0.4 is 10.1 Å². The summed E-state index contributed by atoms with van der Waals surface area (Å²) in [6.07, 6.45) is 3.07. The molecule has 1 atom stereocenters. The van der Waals surface area contributed by atoms with E-state index in [4.69, 9.17) is 4.74 Å². The van der Waals surface area contributed by atoms with Crippen molar-refractivity contribution in [2.75, 3.05) is 33.3 Å². The Kier molecular flexibility index (Phi) is 4.96. The maximum Gasteiger partial charge on any atom is 0.217 e. The van der Waals surface area contributed by atoms with Gasteiger partial charge in [-0.15, -0.1) is 0 Å². The Morgan fingerprint density at radius 2 is 2.44 bits per heavy atom. The van der Waals surface area contributed by atoms with Crippen LogP contribution in [-0.4, -0.2) is 43.2 Å². The highest BCUT2D eigenvalue weighted by atomic mass is 16.5. The fraction of sp³-hybridized carbons (Fsp3) is 0.643. The third kappa shape index (κ3) is 3.43. The molecule has 0 bridgehead atoms. The van der Waals surface area contributed by atoms with Crippen LogP contribution in [0.1, 0.15) is 18.9 Å². The largest absolute Gasteiger partial charge is 0.481 e. The minimum atomic E-state index is 0.728. The van der Waals surface area contributed by atoms with Gasteiger partial charge in [0.1, 0.15) is 0 Å². The van der Waals surface area contributed by atoms with Crippen molar-refractivity contribution < 1.29 is 4.74 Å². The molecule has 2 heterocycles. The number of nitrogens with zero attached hydrogens (tertiary/aromatic N) is 2. The molecule has 0 saturated carbocycles. The predicted octanol–water partition coefficient (Wildman–Crippen LogP) is 1.52. The molecule has 18 heavy (non-hydrogen) atoms.